The molecule has 0 fully saturated rings. The van der Waals surface area contributed by atoms with Crippen molar-refractivity contribution in [1.29, 1.82) is 0 Å². The molecule has 241 valence electrons. The van der Waals surface area contributed by atoms with Gasteiger partial charge in [-0.05, 0) is 77.8 Å². The normalized spacial score (nSPS) is 11.9. The van der Waals surface area contributed by atoms with Gasteiger partial charge in [-0.2, -0.15) is 0 Å². The summed E-state index contributed by atoms with van der Waals surface area (Å²) < 4.78 is 9.39. The molecule has 0 bridgehead atoms. The fraction of sp³-hybridized carbons (Fsp3) is 1.00. The van der Waals surface area contributed by atoms with Crippen molar-refractivity contribution in [1.82, 2.24) is 11.7 Å². The Morgan fingerprint density at radius 2 is 0.439 bits per heavy atom. The van der Waals surface area contributed by atoms with Crippen molar-refractivity contribution >= 4 is 14.8 Å². The van der Waals surface area contributed by atoms with Gasteiger partial charge >= 0.3 is 18.9 Å². The van der Waals surface area contributed by atoms with Crippen LogP contribution in [-0.2, 0) is 0 Å². The zero-order chi connectivity index (χ0) is 29.5. The maximum Gasteiger partial charge on any atom is 1.00 e. The van der Waals surface area contributed by atoms with Gasteiger partial charge in [-0.1, -0.05) is 157 Å². The van der Waals surface area contributed by atoms with E-state index in [4.69, 9.17) is 0 Å². The van der Waals surface area contributed by atoms with Crippen LogP contribution in [0.3, 0.4) is 0 Å². The number of hydrogen-bond acceptors (Lipinski definition) is 3. The van der Waals surface area contributed by atoms with Gasteiger partial charge in [0.2, 0.25) is 0 Å². The monoisotopic (exact) mass is 587 g/mol. The molecule has 0 atom stereocenters. The van der Waals surface area contributed by atoms with E-state index in [1.165, 1.54) is 193 Å². The Balaban J connectivity index is 0. The zero-order valence-electron chi connectivity index (χ0n) is 30.1. The summed E-state index contributed by atoms with van der Waals surface area (Å²) >= 11 is -1.39. The van der Waals surface area contributed by atoms with Crippen LogP contribution in [0.15, 0.2) is 0 Å². The van der Waals surface area contributed by atoms with Gasteiger partial charge in [0.1, 0.15) is 0 Å². The third-order valence-corrected chi connectivity index (χ3v) is 12.3. The second kappa shape index (κ2) is 35.5. The van der Waals surface area contributed by atoms with E-state index in [1.54, 1.807) is 0 Å². The molecule has 0 saturated carbocycles. The predicted molar refractivity (Wildman–Crippen MR) is 185 cm³/mol. The van der Waals surface area contributed by atoms with Crippen LogP contribution in [0.1, 0.15) is 196 Å². The average Bonchev–Trinajstić information content (AvgIpc) is 2.96. The Labute approximate surface area is 278 Å². The number of unbranched alkanes of at least 4 members (excludes halogenated alkanes) is 18. The second-order valence-corrected chi connectivity index (χ2v) is 15.7. The van der Waals surface area contributed by atoms with E-state index in [1.807, 2.05) is 0 Å². The molecule has 1 radical (unpaired) electrons. The Morgan fingerprint density at radius 1 is 0.268 bits per heavy atom. The van der Waals surface area contributed by atoms with E-state index in [2.05, 4.69) is 53.2 Å². The summed E-state index contributed by atoms with van der Waals surface area (Å²) in [6, 6.07) is 0. The summed E-state index contributed by atoms with van der Waals surface area (Å²) in [5.41, 5.74) is 0. The van der Waals surface area contributed by atoms with Crippen molar-refractivity contribution in [3.63, 3.8) is 0 Å². The average molecular weight is 587 g/mol. The molecule has 0 aliphatic carbocycles. The third-order valence-electron chi connectivity index (χ3n) is 8.77. The van der Waals surface area contributed by atoms with E-state index in [0.29, 0.717) is 0 Å². The van der Waals surface area contributed by atoms with Crippen LogP contribution in [0.4, 0.5) is 0 Å². The largest absolute Gasteiger partial charge is 1.00 e. The van der Waals surface area contributed by atoms with Crippen LogP contribution >= 0.6 is 0 Å². The number of hydrogen-bond donors (Lipinski definition) is 0. The molecule has 0 aliphatic heterocycles. The van der Waals surface area contributed by atoms with Gasteiger partial charge in [0, 0.05) is 0 Å². The van der Waals surface area contributed by atoms with Gasteiger partial charge in [-0.15, -0.1) is 0 Å². The molecule has 0 aromatic carbocycles. The summed E-state index contributed by atoms with van der Waals surface area (Å²) in [6.45, 7) is 22.3. The van der Waals surface area contributed by atoms with E-state index < -0.39 is 14.8 Å². The summed E-state index contributed by atoms with van der Waals surface area (Å²) in [5.74, 6) is 0. The van der Waals surface area contributed by atoms with Gasteiger partial charge in [-0.3, -0.25) is 0 Å². The summed E-state index contributed by atoms with van der Waals surface area (Å²) in [5, 5.41) is 0. The van der Waals surface area contributed by atoms with E-state index >= 15 is 0 Å². The van der Waals surface area contributed by atoms with E-state index in [9.17, 15) is 0 Å². The van der Waals surface area contributed by atoms with Crippen molar-refractivity contribution in [2.75, 3.05) is 39.3 Å². The quantitative estimate of drug-likeness (QED) is 0.0565. The van der Waals surface area contributed by atoms with Gasteiger partial charge in [0.25, 0.3) is 14.8 Å². The van der Waals surface area contributed by atoms with Crippen LogP contribution < -0.4 is 18.9 Å². The Hall–Kier alpha value is 1.01. The van der Waals surface area contributed by atoms with Crippen LogP contribution in [0.5, 0.6) is 0 Å². The Kier molecular flexibility index (Phi) is 38.2. The van der Waals surface area contributed by atoms with E-state index in [-0.39, 0.29) is 18.9 Å². The SMILES string of the molecule is CCCCCC[N](CCCCCC)[Al-]([N](CCCCCC)CCCCCC)[N](CCCCCC)CCCCCC.[Li+]. The molecule has 5 heteroatoms. The molecule has 0 spiro atoms. The molecule has 0 amide bonds. The summed E-state index contributed by atoms with van der Waals surface area (Å²) in [4.78, 5) is 0. The standard InChI is InChI=1S/3C12H26N.Al.Li/c3*1-3-5-7-9-11-13-12-10-8-6-4-2;;/h3*3-12H2,1-2H3;;/q3*-1;+2;+1. The first-order valence-electron chi connectivity index (χ1n) is 18.9. The van der Waals surface area contributed by atoms with Crippen molar-refractivity contribution in [2.45, 2.75) is 196 Å². The smallest absolute Gasteiger partial charge is 0.510 e. The molecule has 0 unspecified atom stereocenters. The number of nitrogens with zero attached hydrogens (tertiary/aromatic N) is 3. The van der Waals surface area contributed by atoms with Crippen LogP contribution in [0.25, 0.3) is 0 Å². The molecule has 0 aliphatic rings. The third kappa shape index (κ3) is 26.0. The Morgan fingerprint density at radius 3 is 0.585 bits per heavy atom. The molecule has 0 heterocycles. The molecular formula is C36H78AlLiN3. The molecule has 0 N–H and O–H groups in total. The first-order chi connectivity index (χ1) is 19.7. The van der Waals surface area contributed by atoms with Gasteiger partial charge in [0.05, 0.1) is 0 Å². The minimum atomic E-state index is -1.39. The minimum Gasteiger partial charge on any atom is -0.510 e. The van der Waals surface area contributed by atoms with Crippen molar-refractivity contribution < 1.29 is 18.9 Å². The molecule has 0 aromatic rings. The first-order valence-corrected chi connectivity index (χ1v) is 20.5. The maximum atomic E-state index is 3.13. The van der Waals surface area contributed by atoms with Gasteiger partial charge in [-0.25, -0.2) is 0 Å². The molecule has 3 nitrogen and oxygen atoms in total. The van der Waals surface area contributed by atoms with Crippen molar-refractivity contribution in [3.8, 4) is 0 Å². The first kappa shape index (κ1) is 44.1. The maximum absolute atomic E-state index is 3.13. The summed E-state index contributed by atoms with van der Waals surface area (Å²) in [6.07, 6.45) is 33.5. The van der Waals surface area contributed by atoms with Gasteiger partial charge in [0.15, 0.2) is 0 Å². The van der Waals surface area contributed by atoms with Crippen molar-refractivity contribution in [2.24, 2.45) is 0 Å². The van der Waals surface area contributed by atoms with E-state index in [0.717, 1.165) is 0 Å². The zero-order valence-corrected chi connectivity index (χ0v) is 31.3. The fourth-order valence-electron chi connectivity index (χ4n) is 6.17. The van der Waals surface area contributed by atoms with Crippen molar-refractivity contribution in [3.05, 3.63) is 0 Å². The molecule has 0 saturated heterocycles. The Bertz CT molecular complexity index is 379. The van der Waals surface area contributed by atoms with Crippen LogP contribution in [-0.4, -0.2) is 65.7 Å². The minimum absolute atomic E-state index is 0. The molecule has 41 heavy (non-hydrogen) atoms. The van der Waals surface area contributed by atoms with Crippen LogP contribution in [0.2, 0.25) is 0 Å². The topological polar surface area (TPSA) is 9.72 Å². The predicted octanol–water partition coefficient (Wildman–Crippen LogP) is 8.36. The molecule has 0 rings (SSSR count). The number of rotatable bonds is 33. The van der Waals surface area contributed by atoms with Crippen LogP contribution in [0, 0.1) is 0 Å². The molecular weight excluding hydrogens is 508 g/mol. The second-order valence-electron chi connectivity index (χ2n) is 12.8. The summed E-state index contributed by atoms with van der Waals surface area (Å²) in [7, 11) is 0. The fourth-order valence-corrected chi connectivity index (χ4v) is 10.0. The van der Waals surface area contributed by atoms with Gasteiger partial charge < -0.3 is 11.7 Å². The molecule has 0 aromatic heterocycles.